The molecule has 21 heavy (non-hydrogen) atoms. The molecule has 2 rings (SSSR count). The van der Waals surface area contributed by atoms with Crippen molar-refractivity contribution in [3.05, 3.63) is 47.7 Å². The quantitative estimate of drug-likeness (QED) is 0.884. The first-order valence-corrected chi connectivity index (χ1v) is 7.00. The van der Waals surface area contributed by atoms with E-state index in [1.165, 1.54) is 6.07 Å². The van der Waals surface area contributed by atoms with Gasteiger partial charge in [0.1, 0.15) is 11.6 Å². The van der Waals surface area contributed by atoms with Crippen LogP contribution in [0.3, 0.4) is 0 Å². The third-order valence-electron chi connectivity index (χ3n) is 2.86. The monoisotopic (exact) mass is 289 g/mol. The molecule has 0 spiro atoms. The van der Waals surface area contributed by atoms with Crippen molar-refractivity contribution in [2.75, 3.05) is 6.54 Å². The smallest absolute Gasteiger partial charge is 0.223 e. The van der Waals surface area contributed by atoms with Gasteiger partial charge in [-0.1, -0.05) is 13.8 Å². The van der Waals surface area contributed by atoms with Gasteiger partial charge >= 0.3 is 0 Å². The number of nitrogens with zero attached hydrogens (tertiary/aromatic N) is 2. The van der Waals surface area contributed by atoms with Crippen molar-refractivity contribution in [3.63, 3.8) is 0 Å². The van der Waals surface area contributed by atoms with Crippen LogP contribution >= 0.6 is 0 Å². The lowest BCUT2D eigenvalue weighted by Gasteiger charge is -2.12. The summed E-state index contributed by atoms with van der Waals surface area (Å²) in [6.45, 7) is 7.50. The Hall–Kier alpha value is -2.01. The van der Waals surface area contributed by atoms with Crippen LogP contribution in [0.4, 0.5) is 4.39 Å². The summed E-state index contributed by atoms with van der Waals surface area (Å²) in [5.74, 6) is 1.14. The molecular formula is C16H20FN3O. The molecule has 0 saturated carbocycles. The van der Waals surface area contributed by atoms with Crippen LogP contribution in [0.15, 0.2) is 30.6 Å². The van der Waals surface area contributed by atoms with Gasteiger partial charge in [-0.05, 0) is 37.6 Å². The van der Waals surface area contributed by atoms with E-state index in [0.717, 1.165) is 18.4 Å². The summed E-state index contributed by atoms with van der Waals surface area (Å²) in [6.07, 6.45) is 2.79. The Balaban J connectivity index is 2.12. The van der Waals surface area contributed by atoms with E-state index in [1.54, 1.807) is 6.20 Å². The van der Waals surface area contributed by atoms with Crippen LogP contribution < -0.4 is 10.1 Å². The summed E-state index contributed by atoms with van der Waals surface area (Å²) in [4.78, 5) is 8.19. The van der Waals surface area contributed by atoms with E-state index in [4.69, 9.17) is 4.74 Å². The Bertz CT molecular complexity index is 585. The van der Waals surface area contributed by atoms with E-state index in [2.05, 4.69) is 29.1 Å². The number of ether oxygens (including phenoxy) is 1. The number of aryl methyl sites for hydroxylation is 1. The highest BCUT2D eigenvalue weighted by Crippen LogP contribution is 2.23. The first-order valence-electron chi connectivity index (χ1n) is 7.00. The predicted molar refractivity (Wildman–Crippen MR) is 79.8 cm³/mol. The van der Waals surface area contributed by atoms with Crippen molar-refractivity contribution < 1.29 is 9.13 Å². The van der Waals surface area contributed by atoms with Crippen molar-refractivity contribution >= 4 is 0 Å². The molecule has 112 valence electrons. The number of nitrogens with one attached hydrogen (secondary N) is 1. The van der Waals surface area contributed by atoms with E-state index in [-0.39, 0.29) is 5.82 Å². The fourth-order valence-electron chi connectivity index (χ4n) is 1.81. The third-order valence-corrected chi connectivity index (χ3v) is 2.86. The molecule has 2 heterocycles. The number of rotatable bonds is 6. The summed E-state index contributed by atoms with van der Waals surface area (Å²) < 4.78 is 19.1. The molecular weight excluding hydrogens is 269 g/mol. The lowest BCUT2D eigenvalue weighted by molar-refractivity contribution is 0.443. The van der Waals surface area contributed by atoms with E-state index in [9.17, 15) is 4.39 Å². The molecule has 0 fully saturated rings. The Morgan fingerprint density at radius 1 is 1.24 bits per heavy atom. The van der Waals surface area contributed by atoms with E-state index >= 15 is 0 Å². The summed E-state index contributed by atoms with van der Waals surface area (Å²) in [7, 11) is 0. The number of hydrogen-bond acceptors (Lipinski definition) is 4. The molecule has 0 atom stereocenters. The molecule has 0 unspecified atom stereocenters. The van der Waals surface area contributed by atoms with Gasteiger partial charge in [-0.2, -0.15) is 0 Å². The molecule has 0 bridgehead atoms. The van der Waals surface area contributed by atoms with Crippen LogP contribution in [0, 0.1) is 18.7 Å². The van der Waals surface area contributed by atoms with Crippen molar-refractivity contribution in [1.29, 1.82) is 0 Å². The highest BCUT2D eigenvalue weighted by atomic mass is 19.1. The van der Waals surface area contributed by atoms with Crippen molar-refractivity contribution in [2.24, 2.45) is 5.92 Å². The molecule has 2 aromatic heterocycles. The zero-order valence-corrected chi connectivity index (χ0v) is 12.6. The molecule has 0 saturated heterocycles. The highest BCUT2D eigenvalue weighted by Gasteiger charge is 2.09. The minimum atomic E-state index is -0.370. The Morgan fingerprint density at radius 3 is 2.71 bits per heavy atom. The van der Waals surface area contributed by atoms with E-state index < -0.39 is 0 Å². The maximum atomic E-state index is 13.4. The fourth-order valence-corrected chi connectivity index (χ4v) is 1.81. The van der Waals surface area contributed by atoms with Gasteiger partial charge in [0.2, 0.25) is 5.88 Å². The molecule has 0 radical (unpaired) electrons. The number of aromatic nitrogens is 2. The second-order valence-electron chi connectivity index (χ2n) is 5.38. The second kappa shape index (κ2) is 7.13. The van der Waals surface area contributed by atoms with Gasteiger partial charge in [0.25, 0.3) is 0 Å². The van der Waals surface area contributed by atoms with E-state index in [1.807, 2.05) is 19.1 Å². The molecule has 0 aliphatic heterocycles. The first-order chi connectivity index (χ1) is 10.0. The van der Waals surface area contributed by atoms with Gasteiger partial charge in [0.05, 0.1) is 12.4 Å². The van der Waals surface area contributed by atoms with Crippen LogP contribution in [-0.4, -0.2) is 16.5 Å². The van der Waals surface area contributed by atoms with Crippen LogP contribution in [-0.2, 0) is 6.54 Å². The number of hydrogen-bond donors (Lipinski definition) is 1. The normalized spacial score (nSPS) is 10.9. The lowest BCUT2D eigenvalue weighted by atomic mass is 10.2. The number of pyridine rings is 2. The van der Waals surface area contributed by atoms with Gasteiger partial charge in [0.15, 0.2) is 0 Å². The SMILES string of the molecule is Cc1ccc(Oc2ncc(F)cc2CNCC(C)C)cn1. The van der Waals surface area contributed by atoms with Gasteiger partial charge in [-0.3, -0.25) is 4.98 Å². The fraction of sp³-hybridized carbons (Fsp3) is 0.375. The number of halogens is 1. The average Bonchev–Trinajstić information content (AvgIpc) is 2.43. The van der Waals surface area contributed by atoms with E-state index in [0.29, 0.717) is 29.7 Å². The molecule has 0 aliphatic rings. The topological polar surface area (TPSA) is 47.0 Å². The summed E-state index contributed by atoms with van der Waals surface area (Å²) in [5, 5.41) is 3.26. The maximum absolute atomic E-state index is 13.4. The Morgan fingerprint density at radius 2 is 2.05 bits per heavy atom. The zero-order chi connectivity index (χ0) is 15.2. The largest absolute Gasteiger partial charge is 0.437 e. The van der Waals surface area contributed by atoms with Crippen molar-refractivity contribution in [3.8, 4) is 11.6 Å². The lowest BCUT2D eigenvalue weighted by Crippen LogP contribution is -2.19. The Labute approximate surface area is 124 Å². The van der Waals surface area contributed by atoms with Gasteiger partial charge in [-0.15, -0.1) is 0 Å². The van der Waals surface area contributed by atoms with Crippen molar-refractivity contribution in [2.45, 2.75) is 27.3 Å². The van der Waals surface area contributed by atoms with Gasteiger partial charge in [-0.25, -0.2) is 9.37 Å². The standard InChI is InChI=1S/C16H20FN3O/c1-11(2)7-18-8-13-6-14(17)9-20-16(13)21-15-5-4-12(3)19-10-15/h4-6,9-11,18H,7-8H2,1-3H3. The molecule has 5 heteroatoms. The van der Waals surface area contributed by atoms with Crippen LogP contribution in [0.1, 0.15) is 25.1 Å². The zero-order valence-electron chi connectivity index (χ0n) is 12.6. The summed E-state index contributed by atoms with van der Waals surface area (Å²) in [6, 6.07) is 5.12. The predicted octanol–water partition coefficient (Wildman–Crippen LogP) is 3.46. The molecule has 4 nitrogen and oxygen atoms in total. The van der Waals surface area contributed by atoms with Gasteiger partial charge in [0, 0.05) is 17.8 Å². The molecule has 0 amide bonds. The van der Waals surface area contributed by atoms with Crippen molar-refractivity contribution in [1.82, 2.24) is 15.3 Å². The average molecular weight is 289 g/mol. The molecule has 0 aliphatic carbocycles. The third kappa shape index (κ3) is 4.79. The maximum Gasteiger partial charge on any atom is 0.223 e. The minimum Gasteiger partial charge on any atom is -0.437 e. The highest BCUT2D eigenvalue weighted by molar-refractivity contribution is 5.31. The van der Waals surface area contributed by atoms with Crippen LogP contribution in [0.25, 0.3) is 0 Å². The van der Waals surface area contributed by atoms with Gasteiger partial charge < -0.3 is 10.1 Å². The molecule has 2 aromatic rings. The minimum absolute atomic E-state index is 0.370. The van der Waals surface area contributed by atoms with Crippen LogP contribution in [0.5, 0.6) is 11.6 Å². The second-order valence-corrected chi connectivity index (χ2v) is 5.38. The van der Waals surface area contributed by atoms with Crippen LogP contribution in [0.2, 0.25) is 0 Å². The Kier molecular flexibility index (Phi) is 5.22. The molecule has 1 N–H and O–H groups in total. The first kappa shape index (κ1) is 15.4. The summed E-state index contributed by atoms with van der Waals surface area (Å²) >= 11 is 0. The summed E-state index contributed by atoms with van der Waals surface area (Å²) in [5.41, 5.74) is 1.60. The molecule has 0 aromatic carbocycles.